The molecule has 0 aromatic heterocycles. The Balaban J connectivity index is 2.15. The van der Waals surface area contributed by atoms with Crippen LogP contribution in [0.25, 0.3) is 0 Å². The Morgan fingerprint density at radius 1 is 1.15 bits per heavy atom. The molecule has 1 N–H and O–H groups in total. The molecule has 0 radical (unpaired) electrons. The molecule has 146 valence electrons. The first-order valence-electron chi connectivity index (χ1n) is 8.60. The zero-order valence-electron chi connectivity index (χ0n) is 15.6. The van der Waals surface area contributed by atoms with Gasteiger partial charge in [-0.15, -0.1) is 0 Å². The first-order chi connectivity index (χ1) is 13.0. The number of benzene rings is 1. The smallest absolute Gasteiger partial charge is 0.306 e. The van der Waals surface area contributed by atoms with E-state index in [0.717, 1.165) is 11.1 Å². The molecule has 1 saturated heterocycles. The van der Waals surface area contributed by atoms with Gasteiger partial charge in [-0.25, -0.2) is 0 Å². The van der Waals surface area contributed by atoms with Crippen molar-refractivity contribution in [3.63, 3.8) is 0 Å². The SMILES string of the molecule is CCOC(=O)CCC(CCc1ccc(OC)c(OC)c1)=C1SC(=S)NC1=O. The van der Waals surface area contributed by atoms with Crippen molar-refractivity contribution < 1.29 is 23.8 Å². The number of allylic oxidation sites excluding steroid dienone is 1. The highest BCUT2D eigenvalue weighted by molar-refractivity contribution is 8.26. The van der Waals surface area contributed by atoms with Crippen molar-refractivity contribution >= 4 is 40.2 Å². The van der Waals surface area contributed by atoms with Crippen molar-refractivity contribution in [3.8, 4) is 11.5 Å². The van der Waals surface area contributed by atoms with Crippen LogP contribution in [0.4, 0.5) is 0 Å². The summed E-state index contributed by atoms with van der Waals surface area (Å²) in [4.78, 5) is 24.5. The van der Waals surface area contributed by atoms with Crippen LogP contribution in [0.2, 0.25) is 0 Å². The largest absolute Gasteiger partial charge is 0.493 e. The molecule has 1 aliphatic heterocycles. The average Bonchev–Trinajstić information content (AvgIpc) is 2.99. The van der Waals surface area contributed by atoms with Gasteiger partial charge in [-0.1, -0.05) is 30.0 Å². The minimum atomic E-state index is -0.271. The van der Waals surface area contributed by atoms with Gasteiger partial charge >= 0.3 is 5.97 Å². The molecule has 1 fully saturated rings. The molecule has 0 bridgehead atoms. The summed E-state index contributed by atoms with van der Waals surface area (Å²) < 4.78 is 16.0. The fourth-order valence-corrected chi connectivity index (χ4v) is 3.88. The van der Waals surface area contributed by atoms with Gasteiger partial charge in [-0.2, -0.15) is 0 Å². The van der Waals surface area contributed by atoms with Gasteiger partial charge in [0.15, 0.2) is 11.5 Å². The highest BCUT2D eigenvalue weighted by atomic mass is 32.2. The van der Waals surface area contributed by atoms with Crippen molar-refractivity contribution in [2.75, 3.05) is 20.8 Å². The lowest BCUT2D eigenvalue weighted by Gasteiger charge is -2.12. The highest BCUT2D eigenvalue weighted by Gasteiger charge is 2.26. The number of ether oxygens (including phenoxy) is 3. The van der Waals surface area contributed by atoms with Crippen molar-refractivity contribution in [1.29, 1.82) is 0 Å². The molecule has 0 aliphatic carbocycles. The van der Waals surface area contributed by atoms with Gasteiger partial charge in [0.1, 0.15) is 4.32 Å². The Kier molecular flexibility index (Phi) is 8.12. The molecule has 6 nitrogen and oxygen atoms in total. The molecule has 1 heterocycles. The summed E-state index contributed by atoms with van der Waals surface area (Å²) in [5, 5.41) is 2.64. The number of rotatable bonds is 9. The number of methoxy groups -OCH3 is 2. The van der Waals surface area contributed by atoms with Crippen molar-refractivity contribution in [3.05, 3.63) is 34.2 Å². The lowest BCUT2D eigenvalue weighted by molar-refractivity contribution is -0.143. The Hall–Kier alpha value is -2.06. The zero-order chi connectivity index (χ0) is 19.8. The maximum absolute atomic E-state index is 12.2. The predicted octanol–water partition coefficient (Wildman–Crippen LogP) is 3.38. The van der Waals surface area contributed by atoms with E-state index < -0.39 is 0 Å². The van der Waals surface area contributed by atoms with E-state index in [9.17, 15) is 9.59 Å². The summed E-state index contributed by atoms with van der Waals surface area (Å²) in [6.45, 7) is 2.11. The normalized spacial score (nSPS) is 15.4. The fraction of sp³-hybridized carbons (Fsp3) is 0.421. The molecular weight excluding hydrogens is 386 g/mol. The van der Waals surface area contributed by atoms with Gasteiger partial charge in [0.05, 0.1) is 25.7 Å². The second-order valence-corrected chi connectivity index (χ2v) is 7.46. The number of thioether (sulfide) groups is 1. The van der Waals surface area contributed by atoms with Crippen LogP contribution in [0.3, 0.4) is 0 Å². The molecular formula is C19H23NO5S2. The van der Waals surface area contributed by atoms with Gasteiger partial charge in [-0.05, 0) is 49.5 Å². The molecule has 27 heavy (non-hydrogen) atoms. The number of amides is 1. The molecule has 1 aromatic rings. The number of hydrogen-bond acceptors (Lipinski definition) is 7. The molecule has 2 rings (SSSR count). The van der Waals surface area contributed by atoms with E-state index in [1.165, 1.54) is 11.8 Å². The Labute approximate surface area is 168 Å². The number of thiocarbonyl (C=S) groups is 1. The van der Waals surface area contributed by atoms with Crippen molar-refractivity contribution in [2.24, 2.45) is 0 Å². The average molecular weight is 410 g/mol. The van der Waals surface area contributed by atoms with Crippen LogP contribution < -0.4 is 14.8 Å². The topological polar surface area (TPSA) is 73.9 Å². The van der Waals surface area contributed by atoms with Gasteiger partial charge in [-0.3, -0.25) is 9.59 Å². The Morgan fingerprint density at radius 2 is 1.89 bits per heavy atom. The zero-order valence-corrected chi connectivity index (χ0v) is 17.3. The quantitative estimate of drug-likeness (QED) is 0.381. The number of carbonyl (C=O) groups excluding carboxylic acids is 2. The lowest BCUT2D eigenvalue weighted by atomic mass is 10.00. The van der Waals surface area contributed by atoms with Crippen LogP contribution in [0.1, 0.15) is 31.7 Å². The highest BCUT2D eigenvalue weighted by Crippen LogP contribution is 2.33. The van der Waals surface area contributed by atoms with Gasteiger partial charge in [0.2, 0.25) is 0 Å². The minimum Gasteiger partial charge on any atom is -0.493 e. The minimum absolute atomic E-state index is 0.198. The first-order valence-corrected chi connectivity index (χ1v) is 9.82. The van der Waals surface area contributed by atoms with Gasteiger partial charge < -0.3 is 19.5 Å². The van der Waals surface area contributed by atoms with Crippen LogP contribution in [0.15, 0.2) is 28.7 Å². The summed E-state index contributed by atoms with van der Waals surface area (Å²) in [6, 6.07) is 5.73. The third-order valence-corrected chi connectivity index (χ3v) is 5.36. The van der Waals surface area contributed by atoms with E-state index in [-0.39, 0.29) is 18.3 Å². The molecule has 1 aromatic carbocycles. The van der Waals surface area contributed by atoms with E-state index in [1.54, 1.807) is 21.1 Å². The van der Waals surface area contributed by atoms with E-state index in [4.69, 9.17) is 26.4 Å². The summed E-state index contributed by atoms with van der Waals surface area (Å²) in [7, 11) is 3.18. The van der Waals surface area contributed by atoms with Crippen LogP contribution >= 0.6 is 24.0 Å². The van der Waals surface area contributed by atoms with Crippen molar-refractivity contribution in [1.82, 2.24) is 5.32 Å². The molecule has 1 aliphatic rings. The molecule has 0 saturated carbocycles. The first kappa shape index (κ1) is 21.2. The van der Waals surface area contributed by atoms with Crippen LogP contribution in [-0.2, 0) is 20.7 Å². The van der Waals surface area contributed by atoms with Crippen LogP contribution in [0, 0.1) is 0 Å². The van der Waals surface area contributed by atoms with E-state index >= 15 is 0 Å². The van der Waals surface area contributed by atoms with Gasteiger partial charge in [0, 0.05) is 6.42 Å². The van der Waals surface area contributed by atoms with E-state index in [1.807, 2.05) is 18.2 Å². The summed E-state index contributed by atoms with van der Waals surface area (Å²) in [5.41, 5.74) is 1.95. The van der Waals surface area contributed by atoms with E-state index in [2.05, 4.69) is 5.32 Å². The molecule has 0 atom stereocenters. The van der Waals surface area contributed by atoms with E-state index in [0.29, 0.717) is 46.6 Å². The maximum atomic E-state index is 12.2. The maximum Gasteiger partial charge on any atom is 0.306 e. The van der Waals surface area contributed by atoms with Crippen LogP contribution in [-0.4, -0.2) is 37.0 Å². The predicted molar refractivity (Wildman–Crippen MR) is 109 cm³/mol. The fourth-order valence-electron chi connectivity index (χ4n) is 2.72. The molecule has 1 amide bonds. The Morgan fingerprint density at radius 3 is 2.48 bits per heavy atom. The third kappa shape index (κ3) is 5.97. The number of nitrogens with one attached hydrogen (secondary N) is 1. The second kappa shape index (κ2) is 10.3. The number of esters is 1. The number of hydrogen-bond donors (Lipinski definition) is 1. The summed E-state index contributed by atoms with van der Waals surface area (Å²) in [5.74, 6) is 0.854. The summed E-state index contributed by atoms with van der Waals surface area (Å²) >= 11 is 6.33. The van der Waals surface area contributed by atoms with Gasteiger partial charge in [0.25, 0.3) is 5.91 Å². The second-order valence-electron chi connectivity index (χ2n) is 5.77. The molecule has 0 spiro atoms. The van der Waals surface area contributed by atoms with Crippen molar-refractivity contribution in [2.45, 2.75) is 32.6 Å². The standard InChI is InChI=1S/C19H23NO5S2/c1-4-25-16(21)10-8-13(17-18(22)20-19(26)27-17)7-5-12-6-9-14(23-2)15(11-12)24-3/h6,9,11H,4-5,7-8,10H2,1-3H3,(H,20,22,26). The Bertz CT molecular complexity index is 760. The third-order valence-electron chi connectivity index (χ3n) is 4.04. The van der Waals surface area contributed by atoms with Crippen LogP contribution in [0.5, 0.6) is 11.5 Å². The molecule has 8 heteroatoms. The number of aryl methyl sites for hydroxylation is 1. The summed E-state index contributed by atoms with van der Waals surface area (Å²) in [6.07, 6.45) is 2.03. The molecule has 0 unspecified atom stereocenters. The number of carbonyl (C=O) groups is 2. The monoisotopic (exact) mass is 409 g/mol. The lowest BCUT2D eigenvalue weighted by Crippen LogP contribution is -2.18.